The van der Waals surface area contributed by atoms with Gasteiger partial charge in [0.25, 0.3) is 5.91 Å². The molecule has 1 spiro atoms. The van der Waals surface area contributed by atoms with E-state index in [4.69, 9.17) is 0 Å². The zero-order valence-corrected chi connectivity index (χ0v) is 21.5. The zero-order chi connectivity index (χ0) is 28.4. The predicted octanol–water partition coefficient (Wildman–Crippen LogP) is 5.71. The Balaban J connectivity index is 1.05. The normalized spacial score (nSPS) is 17.4. The number of aromatic nitrogens is 6. The zero-order valence-electron chi connectivity index (χ0n) is 21.5. The maximum Gasteiger partial charge on any atom is 0.272 e. The molecule has 0 radical (unpaired) electrons. The van der Waals surface area contributed by atoms with E-state index in [1.165, 1.54) is 30.6 Å². The number of hydrogen-bond acceptors (Lipinski definition) is 5. The SMILES string of the molecule is O=C(NCc1cc(F)cc(-c2cnn(-c3ccc(F)cc3)c2)c1)c1ncnc2nc(C3CC4(C3)CC(F)(F)C4)[nH]c12. The van der Waals surface area contributed by atoms with Crippen molar-refractivity contribution in [1.29, 1.82) is 0 Å². The van der Waals surface area contributed by atoms with Crippen molar-refractivity contribution >= 4 is 17.1 Å². The highest BCUT2D eigenvalue weighted by Gasteiger charge is 2.62. The molecule has 0 aliphatic heterocycles. The molecule has 8 nitrogen and oxygen atoms in total. The fourth-order valence-corrected chi connectivity index (χ4v) is 6.12. The summed E-state index contributed by atoms with van der Waals surface area (Å²) in [6.45, 7) is 0.0293. The smallest absolute Gasteiger partial charge is 0.272 e. The van der Waals surface area contributed by atoms with Gasteiger partial charge in [-0.15, -0.1) is 0 Å². The van der Waals surface area contributed by atoms with E-state index in [-0.39, 0.29) is 42.2 Å². The van der Waals surface area contributed by atoms with E-state index in [0.29, 0.717) is 52.2 Å². The van der Waals surface area contributed by atoms with Gasteiger partial charge in [0.05, 0.1) is 11.9 Å². The maximum atomic E-state index is 14.5. The number of hydrogen-bond donors (Lipinski definition) is 2. The lowest BCUT2D eigenvalue weighted by atomic mass is 9.50. The fraction of sp³-hybridized carbons (Fsp3) is 0.276. The number of nitrogens with one attached hydrogen (secondary N) is 2. The van der Waals surface area contributed by atoms with Crippen LogP contribution in [0.2, 0.25) is 0 Å². The first-order valence-electron chi connectivity index (χ1n) is 13.1. The number of amides is 1. The number of rotatable bonds is 6. The third kappa shape index (κ3) is 4.72. The second-order valence-electron chi connectivity index (χ2n) is 11.0. The van der Waals surface area contributed by atoms with Gasteiger partial charge in [-0.05, 0) is 71.8 Å². The number of nitrogens with zero attached hydrogens (tertiary/aromatic N) is 5. The Hall–Kier alpha value is -4.61. The molecule has 2 fully saturated rings. The van der Waals surface area contributed by atoms with Crippen molar-refractivity contribution in [2.75, 3.05) is 0 Å². The Labute approximate surface area is 230 Å². The Morgan fingerprint density at radius 1 is 1.02 bits per heavy atom. The van der Waals surface area contributed by atoms with Crippen LogP contribution in [0, 0.1) is 17.0 Å². The number of fused-ring (bicyclic) bond motifs is 1. The van der Waals surface area contributed by atoms with Crippen LogP contribution >= 0.6 is 0 Å². The van der Waals surface area contributed by atoms with E-state index < -0.39 is 17.6 Å². The van der Waals surface area contributed by atoms with Crippen LogP contribution in [-0.4, -0.2) is 41.5 Å². The first kappa shape index (κ1) is 25.4. The lowest BCUT2D eigenvalue weighted by Gasteiger charge is -2.56. The molecule has 0 bridgehead atoms. The molecule has 2 aliphatic rings. The molecule has 0 atom stereocenters. The summed E-state index contributed by atoms with van der Waals surface area (Å²) in [5.41, 5.74) is 2.87. The molecule has 0 saturated heterocycles. The molecule has 2 saturated carbocycles. The van der Waals surface area contributed by atoms with Gasteiger partial charge in [-0.25, -0.2) is 37.2 Å². The molecule has 12 heteroatoms. The average Bonchev–Trinajstić information content (AvgIpc) is 3.56. The largest absolute Gasteiger partial charge is 0.347 e. The first-order valence-corrected chi connectivity index (χ1v) is 13.1. The van der Waals surface area contributed by atoms with Gasteiger partial charge in [0.15, 0.2) is 11.3 Å². The Bertz CT molecular complexity index is 1780. The minimum Gasteiger partial charge on any atom is -0.347 e. The third-order valence-electron chi connectivity index (χ3n) is 7.95. The minimum absolute atomic E-state index is 0.00865. The van der Waals surface area contributed by atoms with Crippen molar-refractivity contribution in [3.8, 4) is 16.8 Å². The molecule has 7 rings (SSSR count). The highest BCUT2D eigenvalue weighted by molar-refractivity contribution is 6.02. The number of imidazole rings is 1. The lowest BCUT2D eigenvalue weighted by Crippen LogP contribution is -2.52. The van der Waals surface area contributed by atoms with Crippen LogP contribution in [0.15, 0.2) is 61.2 Å². The van der Waals surface area contributed by atoms with Crippen molar-refractivity contribution in [3.63, 3.8) is 0 Å². The van der Waals surface area contributed by atoms with Crippen molar-refractivity contribution in [2.24, 2.45) is 5.41 Å². The molecule has 2 aromatic carbocycles. The summed E-state index contributed by atoms with van der Waals surface area (Å²) in [6.07, 6.45) is 5.62. The fourth-order valence-electron chi connectivity index (χ4n) is 6.12. The van der Waals surface area contributed by atoms with Crippen LogP contribution in [-0.2, 0) is 6.54 Å². The molecule has 5 aromatic rings. The van der Waals surface area contributed by atoms with E-state index in [2.05, 4.69) is 30.4 Å². The number of benzene rings is 2. The predicted molar refractivity (Wildman–Crippen MR) is 140 cm³/mol. The molecule has 3 heterocycles. The maximum absolute atomic E-state index is 14.5. The average molecular weight is 562 g/mol. The van der Waals surface area contributed by atoms with Gasteiger partial charge in [0.1, 0.15) is 29.3 Å². The highest BCUT2D eigenvalue weighted by atomic mass is 19.3. The summed E-state index contributed by atoms with van der Waals surface area (Å²) >= 11 is 0. The van der Waals surface area contributed by atoms with E-state index in [1.807, 2.05) is 0 Å². The summed E-state index contributed by atoms with van der Waals surface area (Å²) in [7, 11) is 0. The Morgan fingerprint density at radius 3 is 2.56 bits per heavy atom. The molecule has 208 valence electrons. The first-order chi connectivity index (χ1) is 19.7. The molecule has 0 unspecified atom stereocenters. The van der Waals surface area contributed by atoms with Crippen LogP contribution in [0.5, 0.6) is 0 Å². The number of alkyl halides is 2. The third-order valence-corrected chi connectivity index (χ3v) is 7.95. The Morgan fingerprint density at radius 2 is 1.80 bits per heavy atom. The molecule has 2 aliphatic carbocycles. The van der Waals surface area contributed by atoms with Gasteiger partial charge in [-0.1, -0.05) is 0 Å². The topological polar surface area (TPSA) is 101 Å². The standard InChI is InChI=1S/C29H23F4N7O/c30-20-1-3-22(4-2-20)40-12-19(11-37-40)17-5-16(6-21(31)7-17)10-34-27(41)24-23-26(36-15-35-24)39-25(38-23)18-8-28(9-18)13-29(32,33)14-28/h1-7,11-12,15,18H,8-10,13-14H2,(H,34,41)(H,35,36,38,39). The second kappa shape index (κ2) is 9.22. The Kier molecular flexibility index (Phi) is 5.70. The summed E-state index contributed by atoms with van der Waals surface area (Å²) in [4.78, 5) is 29.0. The molecule has 3 aromatic heterocycles. The van der Waals surface area contributed by atoms with E-state index >= 15 is 0 Å². The van der Waals surface area contributed by atoms with Crippen LogP contribution < -0.4 is 5.32 Å². The minimum atomic E-state index is -2.57. The van der Waals surface area contributed by atoms with Crippen LogP contribution in [0.25, 0.3) is 28.0 Å². The van der Waals surface area contributed by atoms with E-state index in [0.717, 1.165) is 0 Å². The number of halogens is 4. The van der Waals surface area contributed by atoms with Crippen LogP contribution in [0.4, 0.5) is 17.6 Å². The van der Waals surface area contributed by atoms with Crippen LogP contribution in [0.3, 0.4) is 0 Å². The van der Waals surface area contributed by atoms with Gasteiger partial charge in [-0.3, -0.25) is 4.79 Å². The number of carbonyl (C=O) groups is 1. The van der Waals surface area contributed by atoms with Gasteiger partial charge in [-0.2, -0.15) is 5.10 Å². The van der Waals surface area contributed by atoms with Crippen molar-refractivity contribution in [2.45, 2.75) is 44.1 Å². The molecule has 1 amide bonds. The van der Waals surface area contributed by atoms with Crippen molar-refractivity contribution in [3.05, 3.63) is 89.9 Å². The summed E-state index contributed by atoms with van der Waals surface area (Å²) in [5.74, 6) is -3.27. The molecular formula is C29H23F4N7O. The van der Waals surface area contributed by atoms with Crippen molar-refractivity contribution in [1.82, 2.24) is 35.0 Å². The van der Waals surface area contributed by atoms with Gasteiger partial charge < -0.3 is 10.3 Å². The van der Waals surface area contributed by atoms with Gasteiger partial charge >= 0.3 is 0 Å². The van der Waals surface area contributed by atoms with Crippen molar-refractivity contribution < 1.29 is 22.4 Å². The number of aromatic amines is 1. The lowest BCUT2D eigenvalue weighted by molar-refractivity contribution is -0.197. The van der Waals surface area contributed by atoms with Crippen LogP contribution in [0.1, 0.15) is 53.5 Å². The monoisotopic (exact) mass is 561 g/mol. The summed E-state index contributed by atoms with van der Waals surface area (Å²) in [5, 5.41) is 7.06. The van der Waals surface area contributed by atoms with E-state index in [9.17, 15) is 22.4 Å². The number of carbonyl (C=O) groups excluding carboxylic acids is 1. The number of H-pyrrole nitrogens is 1. The highest BCUT2D eigenvalue weighted by Crippen LogP contribution is 2.66. The molecule has 2 N–H and O–H groups in total. The molecule has 41 heavy (non-hydrogen) atoms. The van der Waals surface area contributed by atoms with E-state index in [1.54, 1.807) is 35.3 Å². The quantitative estimate of drug-likeness (QED) is 0.259. The summed E-state index contributed by atoms with van der Waals surface area (Å²) in [6, 6.07) is 10.3. The van der Waals surface area contributed by atoms with Gasteiger partial charge in [0.2, 0.25) is 5.92 Å². The summed E-state index contributed by atoms with van der Waals surface area (Å²) < 4.78 is 56.1. The molecular weight excluding hydrogens is 538 g/mol. The van der Waals surface area contributed by atoms with Gasteiger partial charge in [0, 0.05) is 37.1 Å². The second-order valence-corrected chi connectivity index (χ2v) is 11.0.